The van der Waals surface area contributed by atoms with Gasteiger partial charge in [-0.2, -0.15) is 0 Å². The Kier molecular flexibility index (Phi) is 7.97. The summed E-state index contributed by atoms with van der Waals surface area (Å²) in [5.74, 6) is -1.99. The van der Waals surface area contributed by atoms with Crippen molar-refractivity contribution in [2.45, 2.75) is 12.2 Å². The molecule has 0 radical (unpaired) electrons. The number of aromatic hydroxyl groups is 1. The maximum atomic E-state index is 14.3. The minimum Gasteiger partial charge on any atom is -0.505 e. The van der Waals surface area contributed by atoms with Crippen LogP contribution in [0.15, 0.2) is 103 Å². The summed E-state index contributed by atoms with van der Waals surface area (Å²) in [6, 6.07) is 24.9. The average molecular weight is 502 g/mol. The molecule has 8 nitrogen and oxygen atoms in total. The predicted molar refractivity (Wildman–Crippen MR) is 135 cm³/mol. The average Bonchev–Trinajstić information content (AvgIpc) is 2.92. The van der Waals surface area contributed by atoms with Gasteiger partial charge >= 0.3 is 6.09 Å². The van der Waals surface area contributed by atoms with Gasteiger partial charge < -0.3 is 14.6 Å². The number of halogens is 1. The second-order valence-electron chi connectivity index (χ2n) is 7.92. The van der Waals surface area contributed by atoms with Gasteiger partial charge in [-0.05, 0) is 47.4 Å². The highest BCUT2D eigenvalue weighted by molar-refractivity contribution is 6.00. The third-order valence-electron chi connectivity index (χ3n) is 5.42. The molecule has 0 saturated carbocycles. The number of hydroxylamine groups is 1. The van der Waals surface area contributed by atoms with Gasteiger partial charge in [-0.3, -0.25) is 15.3 Å². The lowest BCUT2D eigenvalue weighted by Gasteiger charge is -2.26. The Morgan fingerprint density at radius 3 is 2.41 bits per heavy atom. The van der Waals surface area contributed by atoms with E-state index in [2.05, 4.69) is 5.32 Å². The minimum absolute atomic E-state index is 0.151. The molecule has 0 aliphatic heterocycles. The molecular weight excluding hydrogens is 479 g/mol. The molecule has 0 aromatic heterocycles. The molecule has 4 N–H and O–H groups in total. The number of anilines is 1. The molecule has 4 aromatic carbocycles. The number of ether oxygens (including phenoxy) is 2. The second-order valence-corrected chi connectivity index (χ2v) is 7.92. The van der Waals surface area contributed by atoms with Crippen molar-refractivity contribution in [1.29, 1.82) is 0 Å². The highest BCUT2D eigenvalue weighted by atomic mass is 19.1. The number of carbonyl (C=O) groups is 2. The summed E-state index contributed by atoms with van der Waals surface area (Å²) in [7, 11) is 0. The van der Waals surface area contributed by atoms with E-state index >= 15 is 0 Å². The quantitative estimate of drug-likeness (QED) is 0.144. The number of carbonyl (C=O) groups excluding carboxylic acids is 2. The molecule has 0 unspecified atom stereocenters. The zero-order valence-electron chi connectivity index (χ0n) is 19.4. The van der Waals surface area contributed by atoms with Crippen molar-refractivity contribution in [2.24, 2.45) is 0 Å². The van der Waals surface area contributed by atoms with Crippen LogP contribution in [-0.2, 0) is 9.53 Å². The van der Waals surface area contributed by atoms with Crippen LogP contribution in [0.5, 0.6) is 11.5 Å². The standard InChI is InChI=1S/C28H23FN2O6/c29-22-17-19(13-14-24(22)32)27(25(15-16-26(33)31-35)36-20-9-2-1-3-10-20)37-28(34)30-23-12-6-8-18-7-4-5-11-21(18)23/h1-17,25,27,32,35H,(H,30,34)(H,31,33)/b16-15+/t25-,27-/m0/s1. The van der Waals surface area contributed by atoms with Gasteiger partial charge in [0.15, 0.2) is 23.8 Å². The van der Waals surface area contributed by atoms with Gasteiger partial charge in [0.05, 0.1) is 5.69 Å². The van der Waals surface area contributed by atoms with Gasteiger partial charge in [-0.1, -0.05) is 60.7 Å². The second kappa shape index (κ2) is 11.7. The van der Waals surface area contributed by atoms with Crippen LogP contribution in [-0.4, -0.2) is 28.4 Å². The van der Waals surface area contributed by atoms with E-state index in [1.54, 1.807) is 42.5 Å². The van der Waals surface area contributed by atoms with Gasteiger partial charge in [-0.15, -0.1) is 0 Å². The number of hydrogen-bond acceptors (Lipinski definition) is 6. The molecule has 0 saturated heterocycles. The molecule has 0 heterocycles. The van der Waals surface area contributed by atoms with Gasteiger partial charge in [-0.25, -0.2) is 14.7 Å². The lowest BCUT2D eigenvalue weighted by Crippen LogP contribution is -2.30. The number of nitrogens with one attached hydrogen (secondary N) is 2. The molecule has 37 heavy (non-hydrogen) atoms. The minimum atomic E-state index is -1.27. The summed E-state index contributed by atoms with van der Waals surface area (Å²) in [6.45, 7) is 0. The van der Waals surface area contributed by atoms with E-state index in [1.165, 1.54) is 17.6 Å². The third kappa shape index (κ3) is 6.41. The first kappa shape index (κ1) is 25.2. The van der Waals surface area contributed by atoms with Crippen molar-refractivity contribution < 1.29 is 33.8 Å². The molecule has 2 amide bonds. The SMILES string of the molecule is O=C(/C=C/[C@H](Oc1ccccc1)[C@@H](OC(=O)Nc1cccc2ccccc12)c1ccc(O)c(F)c1)NO. The molecule has 0 bridgehead atoms. The number of rotatable bonds is 8. The molecule has 0 aliphatic rings. The van der Waals surface area contributed by atoms with Crippen LogP contribution in [0.2, 0.25) is 0 Å². The number of hydrogen-bond donors (Lipinski definition) is 4. The summed E-state index contributed by atoms with van der Waals surface area (Å²) in [4.78, 5) is 24.8. The van der Waals surface area contributed by atoms with Crippen molar-refractivity contribution >= 4 is 28.5 Å². The number of benzene rings is 4. The molecule has 0 fully saturated rings. The Hall–Kier alpha value is -4.89. The molecule has 4 rings (SSSR count). The third-order valence-corrected chi connectivity index (χ3v) is 5.42. The smallest absolute Gasteiger partial charge is 0.412 e. The van der Waals surface area contributed by atoms with Crippen LogP contribution in [0.25, 0.3) is 10.8 Å². The Morgan fingerprint density at radius 2 is 1.65 bits per heavy atom. The van der Waals surface area contributed by atoms with Crippen LogP contribution in [0.4, 0.5) is 14.9 Å². The normalized spacial score (nSPS) is 12.6. The Labute approximate surface area is 211 Å². The Bertz CT molecular complexity index is 1420. The summed E-state index contributed by atoms with van der Waals surface area (Å²) in [6.07, 6.45) is -1.02. The number of phenols is 1. The lowest BCUT2D eigenvalue weighted by molar-refractivity contribution is -0.124. The first-order chi connectivity index (χ1) is 17.9. The predicted octanol–water partition coefficient (Wildman–Crippen LogP) is 5.48. The molecular formula is C28H23FN2O6. The van der Waals surface area contributed by atoms with Crippen LogP contribution in [0.3, 0.4) is 0 Å². The molecule has 188 valence electrons. The number of para-hydroxylation sites is 1. The summed E-state index contributed by atoms with van der Waals surface area (Å²) >= 11 is 0. The van der Waals surface area contributed by atoms with Crippen LogP contribution in [0.1, 0.15) is 11.7 Å². The molecule has 0 aliphatic carbocycles. The maximum absolute atomic E-state index is 14.3. The van der Waals surface area contributed by atoms with E-state index in [1.807, 2.05) is 30.3 Å². The van der Waals surface area contributed by atoms with E-state index in [0.29, 0.717) is 11.4 Å². The molecule has 9 heteroatoms. The van der Waals surface area contributed by atoms with Crippen LogP contribution >= 0.6 is 0 Å². The Balaban J connectivity index is 1.69. The fourth-order valence-electron chi connectivity index (χ4n) is 3.69. The molecule has 4 aromatic rings. The summed E-state index contributed by atoms with van der Waals surface area (Å²) < 4.78 is 26.0. The largest absolute Gasteiger partial charge is 0.505 e. The highest BCUT2D eigenvalue weighted by Crippen LogP contribution is 2.31. The van der Waals surface area contributed by atoms with Crippen LogP contribution < -0.4 is 15.5 Å². The zero-order valence-corrected chi connectivity index (χ0v) is 19.4. The number of amides is 2. The van der Waals surface area contributed by atoms with Gasteiger partial charge in [0, 0.05) is 11.5 Å². The van der Waals surface area contributed by atoms with E-state index in [4.69, 9.17) is 14.7 Å². The van der Waals surface area contributed by atoms with Crippen molar-refractivity contribution in [3.63, 3.8) is 0 Å². The van der Waals surface area contributed by atoms with E-state index < -0.39 is 35.8 Å². The lowest BCUT2D eigenvalue weighted by atomic mass is 10.0. The fraction of sp³-hybridized carbons (Fsp3) is 0.0714. The fourth-order valence-corrected chi connectivity index (χ4v) is 3.69. The van der Waals surface area contributed by atoms with Gasteiger partial charge in [0.2, 0.25) is 0 Å². The van der Waals surface area contributed by atoms with Crippen molar-refractivity contribution in [1.82, 2.24) is 5.48 Å². The zero-order chi connectivity index (χ0) is 26.2. The number of phenolic OH excluding ortho intramolecular Hbond substituents is 1. The van der Waals surface area contributed by atoms with Crippen LogP contribution in [0, 0.1) is 5.82 Å². The van der Waals surface area contributed by atoms with Gasteiger partial charge in [0.1, 0.15) is 5.75 Å². The number of fused-ring (bicyclic) bond motifs is 1. The monoisotopic (exact) mass is 502 g/mol. The Morgan fingerprint density at radius 1 is 0.919 bits per heavy atom. The van der Waals surface area contributed by atoms with Crippen molar-refractivity contribution in [2.75, 3.05) is 5.32 Å². The first-order valence-corrected chi connectivity index (χ1v) is 11.2. The topological polar surface area (TPSA) is 117 Å². The van der Waals surface area contributed by atoms with Gasteiger partial charge in [0.25, 0.3) is 5.91 Å². The molecule has 0 spiro atoms. The molecule has 2 atom stereocenters. The van der Waals surface area contributed by atoms with E-state index in [9.17, 15) is 19.1 Å². The summed E-state index contributed by atoms with van der Waals surface area (Å²) in [5, 5.41) is 22.9. The van der Waals surface area contributed by atoms with Crippen molar-refractivity contribution in [3.8, 4) is 11.5 Å². The van der Waals surface area contributed by atoms with E-state index in [-0.39, 0.29) is 5.56 Å². The highest BCUT2D eigenvalue weighted by Gasteiger charge is 2.29. The maximum Gasteiger partial charge on any atom is 0.412 e. The summed E-state index contributed by atoms with van der Waals surface area (Å²) in [5.41, 5.74) is 2.12. The van der Waals surface area contributed by atoms with Crippen molar-refractivity contribution in [3.05, 3.63) is 115 Å². The van der Waals surface area contributed by atoms with E-state index in [0.717, 1.165) is 29.0 Å². The first-order valence-electron chi connectivity index (χ1n) is 11.2.